The van der Waals surface area contributed by atoms with Crippen molar-refractivity contribution >= 4 is 17.0 Å². The van der Waals surface area contributed by atoms with Gasteiger partial charge in [0.05, 0.1) is 11.3 Å². The highest BCUT2D eigenvalue weighted by molar-refractivity contribution is 7.16. The minimum Gasteiger partial charge on any atom is -0.397 e. The van der Waals surface area contributed by atoms with Crippen LogP contribution in [0.2, 0.25) is 0 Å². The number of nitrogens with two attached hydrogens (primary N) is 1. The fraction of sp³-hybridized carbons (Fsp3) is 0.267. The summed E-state index contributed by atoms with van der Waals surface area (Å²) in [6.45, 7) is 3.54. The van der Waals surface area contributed by atoms with Gasteiger partial charge in [-0.25, -0.2) is 8.78 Å². The van der Waals surface area contributed by atoms with Crippen LogP contribution >= 0.6 is 11.3 Å². The minimum absolute atomic E-state index is 0.0772. The Hall–Kier alpha value is -1.93. The van der Waals surface area contributed by atoms with Crippen LogP contribution in [-0.2, 0) is 6.42 Å². The Balaban J connectivity index is 2.76. The number of thiophene rings is 1. The molecule has 1 aromatic carbocycles. The maximum atomic E-state index is 14.3. The Bertz CT molecular complexity index is 699. The number of nitrogens with zero attached hydrogens (tertiary/aromatic N) is 1. The molecular formula is C15H14F2N2S. The van der Waals surface area contributed by atoms with Gasteiger partial charge in [0.25, 0.3) is 0 Å². The van der Waals surface area contributed by atoms with Gasteiger partial charge in [0, 0.05) is 4.88 Å². The molecule has 20 heavy (non-hydrogen) atoms. The number of hydrogen-bond acceptors (Lipinski definition) is 3. The number of nitriles is 1. The van der Waals surface area contributed by atoms with E-state index in [1.54, 1.807) is 6.92 Å². The topological polar surface area (TPSA) is 49.8 Å². The largest absolute Gasteiger partial charge is 0.397 e. The molecule has 0 bridgehead atoms. The monoisotopic (exact) mass is 292 g/mol. The summed E-state index contributed by atoms with van der Waals surface area (Å²) >= 11 is 1.05. The highest BCUT2D eigenvalue weighted by atomic mass is 32.1. The first-order chi connectivity index (χ1) is 9.51. The summed E-state index contributed by atoms with van der Waals surface area (Å²) in [7, 11) is 0. The average Bonchev–Trinajstić information content (AvgIpc) is 2.73. The number of anilines is 1. The second-order valence-electron chi connectivity index (χ2n) is 4.57. The predicted molar refractivity (Wildman–Crippen MR) is 77.5 cm³/mol. The van der Waals surface area contributed by atoms with Crippen molar-refractivity contribution in [3.8, 4) is 16.5 Å². The molecule has 0 aliphatic rings. The van der Waals surface area contributed by atoms with Crippen molar-refractivity contribution in [3.63, 3.8) is 0 Å². The van der Waals surface area contributed by atoms with E-state index in [9.17, 15) is 8.78 Å². The summed E-state index contributed by atoms with van der Waals surface area (Å²) in [6.07, 6.45) is 1.38. The molecule has 2 nitrogen and oxygen atoms in total. The molecule has 0 aliphatic carbocycles. The first kappa shape index (κ1) is 14.5. The molecule has 0 saturated heterocycles. The van der Waals surface area contributed by atoms with Gasteiger partial charge in [-0.2, -0.15) is 5.26 Å². The average molecular weight is 292 g/mol. The molecule has 1 aromatic heterocycles. The van der Waals surface area contributed by atoms with Crippen molar-refractivity contribution in [2.45, 2.75) is 26.7 Å². The van der Waals surface area contributed by atoms with Gasteiger partial charge in [-0.3, -0.25) is 0 Å². The highest BCUT2D eigenvalue weighted by Crippen LogP contribution is 2.41. The number of rotatable bonds is 3. The summed E-state index contributed by atoms with van der Waals surface area (Å²) < 4.78 is 28.3. The molecule has 0 radical (unpaired) electrons. The molecule has 0 atom stereocenters. The maximum Gasteiger partial charge on any atom is 0.137 e. The first-order valence-electron chi connectivity index (χ1n) is 6.27. The lowest BCUT2D eigenvalue weighted by Gasteiger charge is -2.08. The van der Waals surface area contributed by atoms with Crippen LogP contribution in [0.1, 0.15) is 29.3 Å². The van der Waals surface area contributed by atoms with E-state index in [0.29, 0.717) is 33.0 Å². The van der Waals surface area contributed by atoms with Crippen molar-refractivity contribution in [3.05, 3.63) is 39.8 Å². The summed E-state index contributed by atoms with van der Waals surface area (Å²) in [5, 5.41) is 9.06. The third-order valence-electron chi connectivity index (χ3n) is 3.16. The van der Waals surface area contributed by atoms with Gasteiger partial charge in [-0.1, -0.05) is 19.4 Å². The van der Waals surface area contributed by atoms with E-state index in [1.807, 2.05) is 13.0 Å². The van der Waals surface area contributed by atoms with Gasteiger partial charge in [0.2, 0.25) is 0 Å². The molecule has 2 rings (SSSR count). The number of hydrogen-bond donors (Lipinski definition) is 1. The van der Waals surface area contributed by atoms with Crippen LogP contribution in [0.25, 0.3) is 10.4 Å². The lowest BCUT2D eigenvalue weighted by atomic mass is 10.0. The zero-order valence-electron chi connectivity index (χ0n) is 11.3. The van der Waals surface area contributed by atoms with Crippen molar-refractivity contribution in [1.29, 1.82) is 5.26 Å². The molecular weight excluding hydrogens is 278 g/mol. The van der Waals surface area contributed by atoms with Crippen LogP contribution in [0.5, 0.6) is 0 Å². The lowest BCUT2D eigenvalue weighted by molar-refractivity contribution is 0.584. The molecule has 1 heterocycles. The fourth-order valence-corrected chi connectivity index (χ4v) is 3.23. The minimum atomic E-state index is -0.629. The van der Waals surface area contributed by atoms with Gasteiger partial charge in [-0.05, 0) is 30.5 Å². The smallest absolute Gasteiger partial charge is 0.137 e. The summed E-state index contributed by atoms with van der Waals surface area (Å²) in [5.41, 5.74) is 7.22. The van der Waals surface area contributed by atoms with Gasteiger partial charge in [0.1, 0.15) is 22.6 Å². The van der Waals surface area contributed by atoms with Crippen molar-refractivity contribution < 1.29 is 8.78 Å². The quantitative estimate of drug-likeness (QED) is 0.911. The Labute approximate surface area is 120 Å². The Morgan fingerprint density at radius 1 is 1.35 bits per heavy atom. The van der Waals surface area contributed by atoms with E-state index >= 15 is 0 Å². The van der Waals surface area contributed by atoms with Crippen LogP contribution < -0.4 is 5.73 Å². The molecule has 0 fully saturated rings. The molecule has 0 amide bonds. The van der Waals surface area contributed by atoms with Crippen LogP contribution in [0, 0.1) is 29.9 Å². The highest BCUT2D eigenvalue weighted by Gasteiger charge is 2.22. The number of benzene rings is 1. The van der Waals surface area contributed by atoms with Crippen LogP contribution in [0.4, 0.5) is 14.5 Å². The van der Waals surface area contributed by atoms with Gasteiger partial charge in [0.15, 0.2) is 0 Å². The third kappa shape index (κ3) is 2.27. The van der Waals surface area contributed by atoms with Crippen molar-refractivity contribution in [2.24, 2.45) is 0 Å². The van der Waals surface area contributed by atoms with E-state index in [-0.39, 0.29) is 5.56 Å². The fourth-order valence-electron chi connectivity index (χ4n) is 2.13. The van der Waals surface area contributed by atoms with Gasteiger partial charge >= 0.3 is 0 Å². The lowest BCUT2D eigenvalue weighted by Crippen LogP contribution is -1.97. The number of nitrogen functional groups attached to an aromatic ring is 1. The SMILES string of the molecule is CCCc1c(-c2c(F)ccc(C)c2F)sc(C#N)c1N. The second kappa shape index (κ2) is 5.59. The van der Waals surface area contributed by atoms with E-state index in [2.05, 4.69) is 0 Å². The van der Waals surface area contributed by atoms with Crippen LogP contribution in [-0.4, -0.2) is 0 Å². The normalized spacial score (nSPS) is 10.6. The first-order valence-corrected chi connectivity index (χ1v) is 7.09. The van der Waals surface area contributed by atoms with Crippen molar-refractivity contribution in [2.75, 3.05) is 5.73 Å². The van der Waals surface area contributed by atoms with E-state index in [4.69, 9.17) is 11.0 Å². The zero-order valence-corrected chi connectivity index (χ0v) is 12.1. The van der Waals surface area contributed by atoms with E-state index in [1.165, 1.54) is 12.1 Å². The van der Waals surface area contributed by atoms with E-state index < -0.39 is 11.6 Å². The zero-order chi connectivity index (χ0) is 14.9. The van der Waals surface area contributed by atoms with Gasteiger partial charge in [-0.15, -0.1) is 11.3 Å². The second-order valence-corrected chi connectivity index (χ2v) is 5.59. The van der Waals surface area contributed by atoms with Crippen molar-refractivity contribution in [1.82, 2.24) is 0 Å². The van der Waals surface area contributed by atoms with Crippen LogP contribution in [0.15, 0.2) is 12.1 Å². The molecule has 5 heteroatoms. The van der Waals surface area contributed by atoms with Gasteiger partial charge < -0.3 is 5.73 Å². The predicted octanol–water partition coefficient (Wildman–Crippen LogP) is 4.41. The molecule has 2 N–H and O–H groups in total. The number of halogens is 2. The van der Waals surface area contributed by atoms with E-state index in [0.717, 1.165) is 17.8 Å². The summed E-state index contributed by atoms with van der Waals surface area (Å²) in [4.78, 5) is 0.739. The third-order valence-corrected chi connectivity index (χ3v) is 4.33. The molecule has 104 valence electrons. The maximum absolute atomic E-state index is 14.3. The molecule has 0 saturated carbocycles. The molecule has 0 unspecified atom stereocenters. The Kier molecular flexibility index (Phi) is 4.05. The summed E-state index contributed by atoms with van der Waals surface area (Å²) in [6, 6.07) is 4.63. The number of aryl methyl sites for hydroxylation is 1. The standard InChI is InChI=1S/C15H14F2N2S/c1-3-4-9-14(19)11(7-18)20-15(9)12-10(16)6-5-8(2)13(12)17/h5-6H,3-4,19H2,1-2H3. The summed E-state index contributed by atoms with van der Waals surface area (Å²) in [5.74, 6) is -1.22. The molecule has 0 aliphatic heterocycles. The molecule has 2 aromatic rings. The Morgan fingerprint density at radius 2 is 2.05 bits per heavy atom. The van der Waals surface area contributed by atoms with Crippen LogP contribution in [0.3, 0.4) is 0 Å². The molecule has 0 spiro atoms. The Morgan fingerprint density at radius 3 is 2.65 bits per heavy atom.